The fourth-order valence-corrected chi connectivity index (χ4v) is 2.56. The number of hydrogen-bond acceptors (Lipinski definition) is 2. The van der Waals surface area contributed by atoms with Crippen molar-refractivity contribution in [3.63, 3.8) is 0 Å². The van der Waals surface area contributed by atoms with E-state index in [1.807, 2.05) is 0 Å². The van der Waals surface area contributed by atoms with Crippen molar-refractivity contribution in [2.75, 3.05) is 20.1 Å². The molecule has 1 aliphatic heterocycles. The van der Waals surface area contributed by atoms with Gasteiger partial charge in [-0.05, 0) is 24.1 Å². The SMILES string of the molecule is CN1C[C@H](C(=O)NCCc2ccc(Br)cc2F)CC1=O. The second kappa shape index (κ2) is 6.35. The van der Waals surface area contributed by atoms with Crippen LogP contribution in [0.5, 0.6) is 0 Å². The highest BCUT2D eigenvalue weighted by molar-refractivity contribution is 9.10. The number of likely N-dealkylation sites (tertiary alicyclic amines) is 1. The maximum atomic E-state index is 13.6. The van der Waals surface area contributed by atoms with Gasteiger partial charge in [0.25, 0.3) is 0 Å². The van der Waals surface area contributed by atoms with Gasteiger partial charge in [0.05, 0.1) is 5.92 Å². The molecule has 0 unspecified atom stereocenters. The summed E-state index contributed by atoms with van der Waals surface area (Å²) in [7, 11) is 1.69. The van der Waals surface area contributed by atoms with Gasteiger partial charge >= 0.3 is 0 Å². The van der Waals surface area contributed by atoms with Crippen LogP contribution in [0, 0.1) is 11.7 Å². The highest BCUT2D eigenvalue weighted by atomic mass is 79.9. The molecule has 1 saturated heterocycles. The second-order valence-corrected chi connectivity index (χ2v) is 5.87. The van der Waals surface area contributed by atoms with E-state index in [9.17, 15) is 14.0 Å². The summed E-state index contributed by atoms with van der Waals surface area (Å²) in [5.74, 6) is -0.726. The van der Waals surface area contributed by atoms with Crippen LogP contribution in [0.2, 0.25) is 0 Å². The molecule has 1 heterocycles. The van der Waals surface area contributed by atoms with Crippen LogP contribution in [0.3, 0.4) is 0 Å². The predicted molar refractivity (Wildman–Crippen MR) is 76.6 cm³/mol. The molecular weight excluding hydrogens is 327 g/mol. The van der Waals surface area contributed by atoms with Gasteiger partial charge in [-0.1, -0.05) is 22.0 Å². The standard InChI is InChI=1S/C14H16BrFN2O2/c1-18-8-10(6-13(18)19)14(20)17-5-4-9-2-3-11(15)7-12(9)16/h2-3,7,10H,4-6,8H2,1H3,(H,17,20)/t10-/m1/s1. The topological polar surface area (TPSA) is 49.4 Å². The molecule has 4 nitrogen and oxygen atoms in total. The molecule has 1 fully saturated rings. The van der Waals surface area contributed by atoms with Gasteiger partial charge in [0, 0.05) is 31.0 Å². The van der Waals surface area contributed by atoms with Crippen LogP contribution in [0.15, 0.2) is 22.7 Å². The Labute approximate surface area is 125 Å². The number of nitrogens with zero attached hydrogens (tertiary/aromatic N) is 1. The summed E-state index contributed by atoms with van der Waals surface area (Å²) in [5, 5.41) is 2.76. The van der Waals surface area contributed by atoms with E-state index in [4.69, 9.17) is 0 Å². The summed E-state index contributed by atoms with van der Waals surface area (Å²) < 4.78 is 14.3. The van der Waals surface area contributed by atoms with Crippen LogP contribution < -0.4 is 5.32 Å². The van der Waals surface area contributed by atoms with Crippen LogP contribution in [0.1, 0.15) is 12.0 Å². The molecule has 0 aliphatic carbocycles. The molecule has 0 bridgehead atoms. The number of hydrogen-bond donors (Lipinski definition) is 1. The van der Waals surface area contributed by atoms with Gasteiger partial charge in [-0.2, -0.15) is 0 Å². The third-order valence-electron chi connectivity index (χ3n) is 3.42. The normalized spacial score (nSPS) is 18.4. The number of amides is 2. The molecule has 1 N–H and O–H groups in total. The molecule has 0 aromatic heterocycles. The summed E-state index contributed by atoms with van der Waals surface area (Å²) in [6, 6.07) is 4.87. The molecule has 2 rings (SSSR count). The molecule has 1 aromatic rings. The monoisotopic (exact) mass is 342 g/mol. The quantitative estimate of drug-likeness (QED) is 0.905. The maximum Gasteiger partial charge on any atom is 0.225 e. The highest BCUT2D eigenvalue weighted by Gasteiger charge is 2.31. The minimum atomic E-state index is -0.290. The Hall–Kier alpha value is -1.43. The summed E-state index contributed by atoms with van der Waals surface area (Å²) in [6.07, 6.45) is 0.691. The van der Waals surface area contributed by atoms with Gasteiger partial charge in [-0.25, -0.2) is 4.39 Å². The van der Waals surface area contributed by atoms with Crippen molar-refractivity contribution in [3.8, 4) is 0 Å². The number of rotatable bonds is 4. The van der Waals surface area contributed by atoms with Crippen LogP contribution in [0.25, 0.3) is 0 Å². The third kappa shape index (κ3) is 3.56. The Morgan fingerprint density at radius 3 is 2.90 bits per heavy atom. The van der Waals surface area contributed by atoms with Gasteiger partial charge in [0.15, 0.2) is 0 Å². The zero-order valence-electron chi connectivity index (χ0n) is 11.2. The molecule has 20 heavy (non-hydrogen) atoms. The van der Waals surface area contributed by atoms with E-state index in [1.54, 1.807) is 24.1 Å². The Balaban J connectivity index is 1.81. The van der Waals surface area contributed by atoms with E-state index in [2.05, 4.69) is 21.2 Å². The lowest BCUT2D eigenvalue weighted by atomic mass is 10.1. The second-order valence-electron chi connectivity index (χ2n) is 4.95. The minimum absolute atomic E-state index is 0.0101. The van der Waals surface area contributed by atoms with Crippen LogP contribution in [0.4, 0.5) is 4.39 Å². The number of carbonyl (C=O) groups excluding carboxylic acids is 2. The van der Waals surface area contributed by atoms with Crippen molar-refractivity contribution in [2.45, 2.75) is 12.8 Å². The lowest BCUT2D eigenvalue weighted by molar-refractivity contribution is -0.128. The molecule has 0 radical (unpaired) electrons. The van der Waals surface area contributed by atoms with E-state index in [0.717, 1.165) is 0 Å². The number of nitrogens with one attached hydrogen (secondary N) is 1. The third-order valence-corrected chi connectivity index (χ3v) is 3.91. The lowest BCUT2D eigenvalue weighted by Gasteiger charge is -2.11. The smallest absolute Gasteiger partial charge is 0.225 e. The zero-order chi connectivity index (χ0) is 14.7. The Morgan fingerprint density at radius 2 is 2.30 bits per heavy atom. The fourth-order valence-electron chi connectivity index (χ4n) is 2.23. The van der Waals surface area contributed by atoms with Crippen LogP contribution >= 0.6 is 15.9 Å². The first kappa shape index (κ1) is 15.0. The summed E-state index contributed by atoms with van der Waals surface area (Å²) in [6.45, 7) is 0.823. The predicted octanol–water partition coefficient (Wildman–Crippen LogP) is 1.73. The molecule has 1 aromatic carbocycles. The van der Waals surface area contributed by atoms with E-state index in [1.165, 1.54) is 6.07 Å². The average molecular weight is 343 g/mol. The average Bonchev–Trinajstić information content (AvgIpc) is 2.72. The Morgan fingerprint density at radius 1 is 1.55 bits per heavy atom. The largest absolute Gasteiger partial charge is 0.355 e. The Bertz CT molecular complexity index is 536. The first-order valence-corrected chi connectivity index (χ1v) is 7.22. The van der Waals surface area contributed by atoms with E-state index >= 15 is 0 Å². The van der Waals surface area contributed by atoms with Gasteiger partial charge in [-0.15, -0.1) is 0 Å². The van der Waals surface area contributed by atoms with Gasteiger partial charge < -0.3 is 10.2 Å². The molecule has 2 amide bonds. The summed E-state index contributed by atoms with van der Waals surface area (Å²) >= 11 is 3.20. The van der Waals surface area contributed by atoms with E-state index < -0.39 is 0 Å². The fraction of sp³-hybridized carbons (Fsp3) is 0.429. The van der Waals surface area contributed by atoms with Gasteiger partial charge in [0.2, 0.25) is 11.8 Å². The minimum Gasteiger partial charge on any atom is -0.355 e. The van der Waals surface area contributed by atoms with Crippen LogP contribution in [-0.4, -0.2) is 36.9 Å². The first-order chi connectivity index (χ1) is 9.47. The van der Waals surface area contributed by atoms with Crippen molar-refractivity contribution in [2.24, 2.45) is 5.92 Å². The van der Waals surface area contributed by atoms with Crippen molar-refractivity contribution in [1.82, 2.24) is 10.2 Å². The highest BCUT2D eigenvalue weighted by Crippen LogP contribution is 2.17. The van der Waals surface area contributed by atoms with E-state index in [0.29, 0.717) is 29.5 Å². The van der Waals surface area contributed by atoms with Crippen molar-refractivity contribution in [1.29, 1.82) is 0 Å². The summed E-state index contributed by atoms with van der Waals surface area (Å²) in [4.78, 5) is 24.8. The molecule has 1 atom stereocenters. The molecule has 108 valence electrons. The van der Waals surface area contributed by atoms with Crippen molar-refractivity contribution < 1.29 is 14.0 Å². The Kier molecular flexibility index (Phi) is 4.75. The maximum absolute atomic E-state index is 13.6. The molecule has 6 heteroatoms. The molecular formula is C14H16BrFN2O2. The van der Waals surface area contributed by atoms with E-state index in [-0.39, 0.29) is 30.0 Å². The lowest BCUT2D eigenvalue weighted by Crippen LogP contribution is -2.33. The van der Waals surface area contributed by atoms with Gasteiger partial charge in [-0.3, -0.25) is 9.59 Å². The number of carbonyl (C=O) groups is 2. The number of halogens is 2. The summed E-state index contributed by atoms with van der Waals surface area (Å²) in [5.41, 5.74) is 0.563. The van der Waals surface area contributed by atoms with Crippen molar-refractivity contribution >= 4 is 27.7 Å². The molecule has 0 spiro atoms. The van der Waals surface area contributed by atoms with Crippen molar-refractivity contribution in [3.05, 3.63) is 34.1 Å². The molecule has 1 aliphatic rings. The number of benzene rings is 1. The van der Waals surface area contributed by atoms with Gasteiger partial charge in [0.1, 0.15) is 5.82 Å². The first-order valence-electron chi connectivity index (χ1n) is 6.43. The molecule has 0 saturated carbocycles. The zero-order valence-corrected chi connectivity index (χ0v) is 12.7. The van der Waals surface area contributed by atoms with Crippen LogP contribution in [-0.2, 0) is 16.0 Å².